The number of hydrogen-bond acceptors (Lipinski definition) is 12. The molecule has 12 heteroatoms. The Kier molecular flexibility index (Phi) is 28.3. The zero-order valence-electron chi connectivity index (χ0n) is 50.8. The Morgan fingerprint density at radius 1 is 0.692 bits per heavy atom. The molecule has 2 N–H and O–H groups in total. The van der Waals surface area contributed by atoms with Gasteiger partial charge in [0.1, 0.15) is 18.8 Å². The third-order valence-electron chi connectivity index (χ3n) is 19.9. The molecular weight excluding hydrogens is 981 g/mol. The van der Waals surface area contributed by atoms with Gasteiger partial charge in [-0.2, -0.15) is 0 Å². The molecule has 0 aromatic rings. The number of ether oxygens (including phenoxy) is 5. The van der Waals surface area contributed by atoms with E-state index >= 15 is 0 Å². The van der Waals surface area contributed by atoms with Crippen molar-refractivity contribution in [3.05, 3.63) is 23.8 Å². The summed E-state index contributed by atoms with van der Waals surface area (Å²) in [6, 6.07) is 0.279. The van der Waals surface area contributed by atoms with Crippen molar-refractivity contribution in [2.45, 2.75) is 259 Å². The zero-order chi connectivity index (χ0) is 56.7. The number of fused-ring (bicyclic) bond motifs is 5. The van der Waals surface area contributed by atoms with E-state index in [0.29, 0.717) is 73.5 Å². The van der Waals surface area contributed by atoms with E-state index in [1.165, 1.54) is 44.1 Å². The first-order valence-electron chi connectivity index (χ1n) is 32.0. The minimum absolute atomic E-state index is 0.0112. The van der Waals surface area contributed by atoms with Crippen molar-refractivity contribution in [2.24, 2.45) is 69.8 Å². The van der Waals surface area contributed by atoms with E-state index < -0.39 is 6.10 Å². The van der Waals surface area contributed by atoms with Crippen LogP contribution in [-0.2, 0) is 47.7 Å². The Hall–Kier alpha value is -3.25. The Balaban J connectivity index is 1.25. The number of carbonyl (C=O) groups excluding carboxylic acids is 5. The highest BCUT2D eigenvalue weighted by atomic mass is 16.6. The zero-order valence-corrected chi connectivity index (χ0v) is 50.8. The minimum Gasteiger partial charge on any atom is -0.465 e. The van der Waals surface area contributed by atoms with Crippen LogP contribution in [0.25, 0.3) is 0 Å². The van der Waals surface area contributed by atoms with Crippen molar-refractivity contribution in [3.8, 4) is 0 Å². The lowest BCUT2D eigenvalue weighted by Crippen LogP contribution is -2.52. The second-order valence-electron chi connectivity index (χ2n) is 26.3. The standard InChI is InChI=1S/C66H112N2O10/c1-10-13-16-25-52-49(31-36-58(52)77-63(72)30-22-41-68(8)9)43-64(73)76-46-59(78-62(71)29-20-19-24-48(44-74-60(69)27-17-14-11-2)45-75-61(70)28-18-15-12-3)50-37-39-65(6)51(42-50)32-33-53-54-34-35-56(57(67)26-21-23-47(4)5)66(54,7)40-38-55(53)65/h13,16,32,47-50,52-59H,10-12,14-15,17-31,33-46,67H2,1-9H3/b16-13-/t49?,50?,52?,53-,54-,55-,56+,57+,58?,59?,65-,66-/m0/s1. The topological polar surface area (TPSA) is 161 Å². The summed E-state index contributed by atoms with van der Waals surface area (Å²) >= 11 is 0. The molecular formula is C66H112N2O10. The van der Waals surface area contributed by atoms with Crippen LogP contribution in [0.5, 0.6) is 0 Å². The van der Waals surface area contributed by atoms with E-state index in [2.05, 4.69) is 71.6 Å². The molecule has 4 saturated carbocycles. The molecule has 4 fully saturated rings. The fourth-order valence-electron chi connectivity index (χ4n) is 15.2. The number of esters is 5. The number of rotatable bonds is 36. The van der Waals surface area contributed by atoms with Gasteiger partial charge in [-0.25, -0.2) is 0 Å². The normalized spacial score (nSPS) is 28.4. The van der Waals surface area contributed by atoms with Crippen LogP contribution in [0.3, 0.4) is 0 Å². The van der Waals surface area contributed by atoms with Gasteiger partial charge in [-0.1, -0.05) is 117 Å². The lowest BCUT2D eigenvalue weighted by molar-refractivity contribution is -0.164. The number of hydrogen-bond donors (Lipinski definition) is 1. The predicted molar refractivity (Wildman–Crippen MR) is 311 cm³/mol. The molecule has 0 aromatic carbocycles. The maximum Gasteiger partial charge on any atom is 0.306 e. The second kappa shape index (κ2) is 33.6. The van der Waals surface area contributed by atoms with E-state index in [9.17, 15) is 24.0 Å². The molecule has 0 bridgehead atoms. The molecule has 12 atom stereocenters. The summed E-state index contributed by atoms with van der Waals surface area (Å²) in [6.45, 7) is 17.2. The Morgan fingerprint density at radius 2 is 1.36 bits per heavy atom. The first-order valence-corrected chi connectivity index (χ1v) is 32.0. The van der Waals surface area contributed by atoms with Crippen molar-refractivity contribution >= 4 is 29.8 Å². The van der Waals surface area contributed by atoms with Gasteiger partial charge in [0.25, 0.3) is 0 Å². The van der Waals surface area contributed by atoms with Gasteiger partial charge in [-0.3, -0.25) is 24.0 Å². The third kappa shape index (κ3) is 20.0. The van der Waals surface area contributed by atoms with Gasteiger partial charge in [-0.05, 0) is 183 Å². The highest BCUT2D eigenvalue weighted by molar-refractivity contribution is 5.71. The van der Waals surface area contributed by atoms with Crippen LogP contribution in [0, 0.1) is 64.1 Å². The first kappa shape index (κ1) is 65.6. The van der Waals surface area contributed by atoms with Gasteiger partial charge < -0.3 is 34.3 Å². The van der Waals surface area contributed by atoms with E-state index in [0.717, 1.165) is 109 Å². The average molecular weight is 1090 g/mol. The van der Waals surface area contributed by atoms with Gasteiger partial charge in [-0.15, -0.1) is 0 Å². The summed E-state index contributed by atoms with van der Waals surface area (Å²) in [5, 5.41) is 0. The predicted octanol–water partition coefficient (Wildman–Crippen LogP) is 14.2. The van der Waals surface area contributed by atoms with Gasteiger partial charge in [0.2, 0.25) is 0 Å². The number of nitrogens with two attached hydrogens (primary N) is 1. The highest BCUT2D eigenvalue weighted by Crippen LogP contribution is 2.67. The molecule has 0 spiro atoms. The van der Waals surface area contributed by atoms with E-state index in [-0.39, 0.29) is 104 Å². The monoisotopic (exact) mass is 1090 g/mol. The van der Waals surface area contributed by atoms with Crippen molar-refractivity contribution in [3.63, 3.8) is 0 Å². The number of carbonyl (C=O) groups is 5. The maximum absolute atomic E-state index is 14.0. The SMILES string of the molecule is CC/C=C\CC1C(CC(=O)OCC(OC(=O)CCCCC(COC(=O)CCCCC)COC(=O)CCCCC)C2CC[C@@]3(C)C(=CC[C@H]4[C@@H]5CC[C@H]([C@H](N)CCCC(C)C)[C@@]5(C)CC[C@@H]43)C2)CCC1OC(=O)CCCN(C)C. The van der Waals surface area contributed by atoms with Crippen LogP contribution in [0.2, 0.25) is 0 Å². The number of nitrogens with zero attached hydrogens (tertiary/aromatic N) is 1. The Bertz CT molecular complexity index is 1870. The summed E-state index contributed by atoms with van der Waals surface area (Å²) in [5.74, 6) is 1.94. The van der Waals surface area contributed by atoms with Gasteiger partial charge in [0.05, 0.1) is 13.2 Å². The molecule has 0 radical (unpaired) electrons. The van der Waals surface area contributed by atoms with Crippen LogP contribution < -0.4 is 5.73 Å². The highest BCUT2D eigenvalue weighted by Gasteiger charge is 2.59. The summed E-state index contributed by atoms with van der Waals surface area (Å²) < 4.78 is 30.1. The van der Waals surface area contributed by atoms with Crippen LogP contribution in [-0.4, -0.2) is 93.5 Å². The Morgan fingerprint density at radius 3 is 2.03 bits per heavy atom. The van der Waals surface area contributed by atoms with Crippen LogP contribution in [0.4, 0.5) is 0 Å². The molecule has 0 heterocycles. The summed E-state index contributed by atoms with van der Waals surface area (Å²) in [4.78, 5) is 68.1. The van der Waals surface area contributed by atoms with E-state index in [1.54, 1.807) is 0 Å². The summed E-state index contributed by atoms with van der Waals surface area (Å²) in [7, 11) is 4.00. The molecule has 0 aromatic heterocycles. The van der Waals surface area contributed by atoms with Crippen LogP contribution in [0.1, 0.15) is 241 Å². The average Bonchev–Trinajstić information content (AvgIpc) is 3.79. The minimum atomic E-state index is -0.582. The lowest BCUT2D eigenvalue weighted by Gasteiger charge is -2.58. The maximum atomic E-state index is 14.0. The molecule has 0 saturated heterocycles. The molecule has 5 unspecified atom stereocenters. The van der Waals surface area contributed by atoms with Crippen molar-refractivity contribution < 1.29 is 47.7 Å². The van der Waals surface area contributed by atoms with Gasteiger partial charge in [0, 0.05) is 55.9 Å². The number of allylic oxidation sites excluding steroid dienone is 4. The molecule has 12 nitrogen and oxygen atoms in total. The molecule has 5 aliphatic rings. The van der Waals surface area contributed by atoms with Crippen molar-refractivity contribution in [2.75, 3.05) is 40.5 Å². The van der Waals surface area contributed by atoms with Crippen LogP contribution in [0.15, 0.2) is 23.8 Å². The summed E-state index contributed by atoms with van der Waals surface area (Å²) in [5.41, 5.74) is 8.96. The molecule has 0 amide bonds. The van der Waals surface area contributed by atoms with Crippen molar-refractivity contribution in [1.29, 1.82) is 0 Å². The second-order valence-corrected chi connectivity index (χ2v) is 26.3. The molecule has 5 rings (SSSR count). The van der Waals surface area contributed by atoms with Crippen molar-refractivity contribution in [1.82, 2.24) is 4.90 Å². The van der Waals surface area contributed by atoms with Gasteiger partial charge in [0.15, 0.2) is 0 Å². The molecule has 0 aliphatic heterocycles. The van der Waals surface area contributed by atoms with E-state index in [1.807, 2.05) is 14.1 Å². The third-order valence-corrected chi connectivity index (χ3v) is 19.9. The van der Waals surface area contributed by atoms with E-state index in [4.69, 9.17) is 29.4 Å². The van der Waals surface area contributed by atoms with Crippen LogP contribution >= 0.6 is 0 Å². The smallest absolute Gasteiger partial charge is 0.306 e. The molecule has 446 valence electrons. The fourth-order valence-corrected chi connectivity index (χ4v) is 15.2. The lowest BCUT2D eigenvalue weighted by atomic mass is 9.46. The number of unbranched alkanes of at least 4 members (excludes halogenated alkanes) is 5. The molecule has 78 heavy (non-hydrogen) atoms. The van der Waals surface area contributed by atoms with Gasteiger partial charge >= 0.3 is 29.8 Å². The Labute approximate surface area is 474 Å². The largest absolute Gasteiger partial charge is 0.465 e. The fraction of sp³-hybridized carbons (Fsp3) is 0.864. The quantitative estimate of drug-likeness (QED) is 0.0274. The first-order chi connectivity index (χ1) is 37.4. The summed E-state index contributed by atoms with van der Waals surface area (Å²) in [6.07, 6.45) is 31.4. The molecule has 5 aliphatic carbocycles.